The van der Waals surface area contributed by atoms with Crippen molar-refractivity contribution >= 4 is 5.91 Å². The van der Waals surface area contributed by atoms with Crippen molar-refractivity contribution < 1.29 is 4.79 Å². The van der Waals surface area contributed by atoms with Gasteiger partial charge in [-0.1, -0.05) is 12.8 Å². The fraction of sp³-hybridized carbons (Fsp3) is 0.789. The normalized spacial score (nSPS) is 25.2. The Bertz CT molecular complexity index is 609. The molecular weight excluding hydrogens is 300 g/mol. The van der Waals surface area contributed by atoms with Crippen LogP contribution in [-0.4, -0.2) is 52.2 Å². The predicted molar refractivity (Wildman–Crippen MR) is 93.6 cm³/mol. The number of aryl methyl sites for hydroxylation is 1. The Morgan fingerprint density at radius 1 is 1.12 bits per heavy atom. The smallest absolute Gasteiger partial charge is 0.228 e. The lowest BCUT2D eigenvalue weighted by atomic mass is 9.77. The minimum Gasteiger partial charge on any atom is -0.345 e. The molecule has 3 heterocycles. The predicted octanol–water partition coefficient (Wildman–Crippen LogP) is 2.52. The Labute approximate surface area is 145 Å². The Morgan fingerprint density at radius 3 is 2.42 bits per heavy atom. The summed E-state index contributed by atoms with van der Waals surface area (Å²) in [6.07, 6.45) is 10.6. The van der Waals surface area contributed by atoms with E-state index < -0.39 is 0 Å². The summed E-state index contributed by atoms with van der Waals surface area (Å²) in [6.45, 7) is 4.02. The number of amides is 1. The molecular formula is C19H30N4O. The van der Waals surface area contributed by atoms with Crippen molar-refractivity contribution in [2.24, 2.45) is 12.5 Å². The fourth-order valence-corrected chi connectivity index (χ4v) is 5.06. The van der Waals surface area contributed by atoms with Gasteiger partial charge in [0.05, 0.1) is 11.1 Å². The van der Waals surface area contributed by atoms with Crippen LogP contribution in [-0.2, 0) is 18.4 Å². The zero-order valence-corrected chi connectivity index (χ0v) is 15.1. The summed E-state index contributed by atoms with van der Waals surface area (Å²) in [4.78, 5) is 16.9. The van der Waals surface area contributed by atoms with Crippen LogP contribution in [0.3, 0.4) is 0 Å². The van der Waals surface area contributed by atoms with Gasteiger partial charge in [0.25, 0.3) is 0 Å². The molecule has 3 fully saturated rings. The summed E-state index contributed by atoms with van der Waals surface area (Å²) < 4.78 is 1.99. The van der Waals surface area contributed by atoms with E-state index in [0.717, 1.165) is 45.4 Å². The van der Waals surface area contributed by atoms with Crippen molar-refractivity contribution in [1.29, 1.82) is 0 Å². The quantitative estimate of drug-likeness (QED) is 0.855. The second-order valence-electron chi connectivity index (χ2n) is 8.23. The summed E-state index contributed by atoms with van der Waals surface area (Å²) >= 11 is 0. The van der Waals surface area contributed by atoms with Crippen LogP contribution in [0.4, 0.5) is 0 Å². The van der Waals surface area contributed by atoms with Gasteiger partial charge in [0.2, 0.25) is 5.91 Å². The van der Waals surface area contributed by atoms with Crippen LogP contribution in [0.5, 0.6) is 0 Å². The summed E-state index contributed by atoms with van der Waals surface area (Å²) in [5.41, 5.74) is 2.70. The molecule has 0 N–H and O–H groups in total. The molecule has 5 heteroatoms. The SMILES string of the molecule is CN1CCC2(CCN(Cc3cn(C)nc3C3CCCC3)CC2)C1=O. The summed E-state index contributed by atoms with van der Waals surface area (Å²) in [5, 5.41) is 4.78. The third-order valence-corrected chi connectivity index (χ3v) is 6.61. The van der Waals surface area contributed by atoms with Gasteiger partial charge in [-0.15, -0.1) is 0 Å². The Balaban J connectivity index is 1.42. The molecule has 2 aliphatic heterocycles. The van der Waals surface area contributed by atoms with Crippen LogP contribution in [0.1, 0.15) is 62.1 Å². The Hall–Kier alpha value is -1.36. The molecule has 3 aliphatic rings. The van der Waals surface area contributed by atoms with E-state index in [0.29, 0.717) is 11.8 Å². The average Bonchev–Trinajstić information content (AvgIpc) is 3.28. The summed E-state index contributed by atoms with van der Waals surface area (Å²) in [7, 11) is 3.99. The van der Waals surface area contributed by atoms with Gasteiger partial charge in [-0.2, -0.15) is 5.10 Å². The first-order chi connectivity index (χ1) is 11.6. The van der Waals surface area contributed by atoms with Crippen LogP contribution in [0.2, 0.25) is 0 Å². The molecule has 132 valence electrons. The number of carbonyl (C=O) groups excluding carboxylic acids is 1. The summed E-state index contributed by atoms with van der Waals surface area (Å²) in [6, 6.07) is 0. The lowest BCUT2D eigenvalue weighted by Crippen LogP contribution is -2.43. The molecule has 0 unspecified atom stereocenters. The highest BCUT2D eigenvalue weighted by Gasteiger charge is 2.46. The second-order valence-corrected chi connectivity index (χ2v) is 8.23. The van der Waals surface area contributed by atoms with Crippen LogP contribution in [0, 0.1) is 5.41 Å². The van der Waals surface area contributed by atoms with Gasteiger partial charge in [0.1, 0.15) is 0 Å². The molecule has 5 nitrogen and oxygen atoms in total. The zero-order chi connectivity index (χ0) is 16.7. The summed E-state index contributed by atoms with van der Waals surface area (Å²) in [5.74, 6) is 1.05. The molecule has 1 amide bonds. The highest BCUT2D eigenvalue weighted by molar-refractivity contribution is 5.84. The maximum Gasteiger partial charge on any atom is 0.228 e. The first-order valence-corrected chi connectivity index (χ1v) is 9.58. The highest BCUT2D eigenvalue weighted by Crippen LogP contribution is 2.41. The molecule has 4 rings (SSSR count). The Kier molecular flexibility index (Phi) is 4.15. The number of likely N-dealkylation sites (tertiary alicyclic amines) is 2. The monoisotopic (exact) mass is 330 g/mol. The van der Waals surface area contributed by atoms with Crippen molar-refractivity contribution in [3.8, 4) is 0 Å². The third kappa shape index (κ3) is 2.77. The van der Waals surface area contributed by atoms with Crippen molar-refractivity contribution in [1.82, 2.24) is 19.6 Å². The van der Waals surface area contributed by atoms with Crippen molar-refractivity contribution in [3.63, 3.8) is 0 Å². The second kappa shape index (κ2) is 6.17. The molecule has 1 saturated carbocycles. The minimum atomic E-state index is -0.0472. The number of nitrogens with zero attached hydrogens (tertiary/aromatic N) is 4. The number of hydrogen-bond donors (Lipinski definition) is 0. The maximum absolute atomic E-state index is 12.5. The van der Waals surface area contributed by atoms with Crippen LogP contribution in [0.25, 0.3) is 0 Å². The van der Waals surface area contributed by atoms with Crippen LogP contribution in [0.15, 0.2) is 6.20 Å². The van der Waals surface area contributed by atoms with E-state index in [2.05, 4.69) is 11.1 Å². The number of carbonyl (C=O) groups is 1. The highest BCUT2D eigenvalue weighted by atomic mass is 16.2. The molecule has 0 aromatic carbocycles. The van der Waals surface area contributed by atoms with E-state index in [9.17, 15) is 4.79 Å². The number of piperidine rings is 1. The lowest BCUT2D eigenvalue weighted by molar-refractivity contribution is -0.137. The van der Waals surface area contributed by atoms with Gasteiger partial charge in [-0.05, 0) is 45.2 Å². The molecule has 2 saturated heterocycles. The molecule has 1 spiro atoms. The molecule has 0 atom stereocenters. The molecule has 1 aromatic heterocycles. The van der Waals surface area contributed by atoms with E-state index >= 15 is 0 Å². The first kappa shape index (κ1) is 16.1. The van der Waals surface area contributed by atoms with Crippen molar-refractivity contribution in [3.05, 3.63) is 17.5 Å². The van der Waals surface area contributed by atoms with Crippen LogP contribution >= 0.6 is 0 Å². The van der Waals surface area contributed by atoms with Gasteiger partial charge >= 0.3 is 0 Å². The fourth-order valence-electron chi connectivity index (χ4n) is 5.06. The van der Waals surface area contributed by atoms with E-state index in [1.54, 1.807) is 0 Å². The topological polar surface area (TPSA) is 41.4 Å². The van der Waals surface area contributed by atoms with E-state index in [-0.39, 0.29) is 5.41 Å². The van der Waals surface area contributed by atoms with Crippen LogP contribution < -0.4 is 0 Å². The van der Waals surface area contributed by atoms with Gasteiger partial charge in [0.15, 0.2) is 0 Å². The standard InChI is InChI=1S/C19H30N4O/c1-21-10-7-19(18(21)24)8-11-23(12-9-19)14-16-13-22(2)20-17(16)15-5-3-4-6-15/h13,15H,3-12,14H2,1-2H3. The minimum absolute atomic E-state index is 0.0472. The van der Waals surface area contributed by atoms with Gasteiger partial charge < -0.3 is 4.90 Å². The van der Waals surface area contributed by atoms with E-state index in [1.807, 2.05) is 23.7 Å². The third-order valence-electron chi connectivity index (χ3n) is 6.61. The largest absolute Gasteiger partial charge is 0.345 e. The average molecular weight is 330 g/mol. The number of hydrogen-bond acceptors (Lipinski definition) is 3. The van der Waals surface area contributed by atoms with Gasteiger partial charge in [0, 0.05) is 44.9 Å². The van der Waals surface area contributed by atoms with Crippen molar-refractivity contribution in [2.75, 3.05) is 26.7 Å². The number of rotatable bonds is 3. The van der Waals surface area contributed by atoms with Gasteiger partial charge in [-0.25, -0.2) is 0 Å². The number of aromatic nitrogens is 2. The van der Waals surface area contributed by atoms with Crippen molar-refractivity contribution in [2.45, 2.75) is 57.4 Å². The van der Waals surface area contributed by atoms with E-state index in [4.69, 9.17) is 5.10 Å². The van der Waals surface area contributed by atoms with E-state index in [1.165, 1.54) is 36.9 Å². The first-order valence-electron chi connectivity index (χ1n) is 9.58. The molecule has 1 aromatic rings. The lowest BCUT2D eigenvalue weighted by Gasteiger charge is -2.37. The maximum atomic E-state index is 12.5. The molecule has 0 radical (unpaired) electrons. The molecule has 24 heavy (non-hydrogen) atoms. The molecule has 0 bridgehead atoms. The molecule has 1 aliphatic carbocycles. The zero-order valence-electron chi connectivity index (χ0n) is 15.1. The Morgan fingerprint density at radius 2 is 1.79 bits per heavy atom. The van der Waals surface area contributed by atoms with Gasteiger partial charge in [-0.3, -0.25) is 14.4 Å².